The molecule has 0 radical (unpaired) electrons. The van der Waals surface area contributed by atoms with Crippen LogP contribution in [0.1, 0.15) is 22.4 Å². The van der Waals surface area contributed by atoms with Crippen LogP contribution in [0, 0.1) is 6.92 Å². The van der Waals surface area contributed by atoms with E-state index < -0.39 is 5.97 Å². The molecule has 7 rings (SSSR count). The van der Waals surface area contributed by atoms with Crippen molar-refractivity contribution < 1.29 is 14.3 Å². The van der Waals surface area contributed by atoms with Gasteiger partial charge in [0, 0.05) is 33.9 Å². The molecule has 0 bridgehead atoms. The maximum absolute atomic E-state index is 12.8. The van der Waals surface area contributed by atoms with Crippen LogP contribution < -0.4 is 4.74 Å². The number of imidazole rings is 1. The van der Waals surface area contributed by atoms with E-state index in [0.717, 1.165) is 44.6 Å². The zero-order valence-corrected chi connectivity index (χ0v) is 23.2. The maximum Gasteiger partial charge on any atom is 0.363 e. The van der Waals surface area contributed by atoms with Crippen LogP contribution >= 0.6 is 11.6 Å². The molecule has 204 valence electrons. The average Bonchev–Trinajstić information content (AvgIpc) is 3.60. The van der Waals surface area contributed by atoms with Gasteiger partial charge in [-0.1, -0.05) is 60.1 Å². The molecular formula is C34H23ClN4O3. The normalized spacial score (nSPS) is 14.0. The second kappa shape index (κ2) is 10.6. The number of aryl methyl sites for hydroxylation is 1. The molecule has 0 N–H and O–H groups in total. The summed E-state index contributed by atoms with van der Waals surface area (Å²) in [5, 5.41) is 1.48. The molecule has 8 heteroatoms. The summed E-state index contributed by atoms with van der Waals surface area (Å²) in [6, 6.07) is 28.5. The Morgan fingerprint density at radius 3 is 2.57 bits per heavy atom. The topological polar surface area (TPSA) is 78.1 Å². The van der Waals surface area contributed by atoms with Gasteiger partial charge in [-0.25, -0.2) is 19.8 Å². The van der Waals surface area contributed by atoms with Crippen molar-refractivity contribution in [2.24, 2.45) is 4.99 Å². The first kappa shape index (κ1) is 25.7. The van der Waals surface area contributed by atoms with E-state index in [1.165, 1.54) is 0 Å². The Kier molecular flexibility index (Phi) is 6.49. The lowest BCUT2D eigenvalue weighted by molar-refractivity contribution is -0.129. The monoisotopic (exact) mass is 570 g/mol. The third-order valence-electron chi connectivity index (χ3n) is 7.01. The fourth-order valence-corrected chi connectivity index (χ4v) is 5.02. The standard InChI is InChI=1S/C34H23ClN4O3/c1-21-5-4-16-39-19-25(36-32(21)39)20-41-26-14-8-22(9-15-26)17-31-34(40)42-33(38-31)28-18-30(23-10-12-24(35)13-11-23)37-29-7-3-2-6-27(28)29/h2-19H,20H2,1H3/b31-17+. The molecule has 3 aromatic heterocycles. The number of hydrogen-bond donors (Lipinski definition) is 0. The first-order valence-corrected chi connectivity index (χ1v) is 13.7. The summed E-state index contributed by atoms with van der Waals surface area (Å²) in [7, 11) is 0. The Bertz CT molecular complexity index is 2040. The van der Waals surface area contributed by atoms with Gasteiger partial charge >= 0.3 is 5.97 Å². The number of hydrogen-bond acceptors (Lipinski definition) is 6. The van der Waals surface area contributed by atoms with Crippen LogP contribution in [0.15, 0.2) is 114 Å². The molecule has 7 nitrogen and oxygen atoms in total. The number of para-hydroxylation sites is 1. The van der Waals surface area contributed by atoms with Crippen molar-refractivity contribution in [3.63, 3.8) is 0 Å². The van der Waals surface area contributed by atoms with Gasteiger partial charge in [0.15, 0.2) is 5.70 Å². The first-order chi connectivity index (χ1) is 20.5. The molecule has 1 aliphatic heterocycles. The molecule has 3 aromatic carbocycles. The molecule has 0 amide bonds. The molecule has 0 aliphatic carbocycles. The number of pyridine rings is 2. The highest BCUT2D eigenvalue weighted by molar-refractivity contribution is 6.30. The van der Waals surface area contributed by atoms with Crippen LogP contribution in [0.5, 0.6) is 5.75 Å². The van der Waals surface area contributed by atoms with Gasteiger partial charge in [0.05, 0.1) is 16.9 Å². The van der Waals surface area contributed by atoms with E-state index in [1.54, 1.807) is 6.08 Å². The minimum Gasteiger partial charge on any atom is -0.487 e. The second-order valence-electron chi connectivity index (χ2n) is 9.93. The van der Waals surface area contributed by atoms with E-state index >= 15 is 0 Å². The van der Waals surface area contributed by atoms with Crippen molar-refractivity contribution in [3.05, 3.63) is 136 Å². The van der Waals surface area contributed by atoms with E-state index in [-0.39, 0.29) is 11.6 Å². The zero-order valence-electron chi connectivity index (χ0n) is 22.5. The van der Waals surface area contributed by atoms with E-state index in [1.807, 2.05) is 115 Å². The second-order valence-corrected chi connectivity index (χ2v) is 10.4. The molecule has 42 heavy (non-hydrogen) atoms. The van der Waals surface area contributed by atoms with Gasteiger partial charge in [-0.15, -0.1) is 0 Å². The van der Waals surface area contributed by atoms with E-state index in [2.05, 4.69) is 9.98 Å². The molecule has 0 saturated heterocycles. The summed E-state index contributed by atoms with van der Waals surface area (Å²) >= 11 is 6.08. The van der Waals surface area contributed by atoms with Crippen LogP contribution in [-0.2, 0) is 16.1 Å². The lowest BCUT2D eigenvalue weighted by Gasteiger charge is -2.09. The summed E-state index contributed by atoms with van der Waals surface area (Å²) < 4.78 is 13.6. The highest BCUT2D eigenvalue weighted by Crippen LogP contribution is 2.29. The summed E-state index contributed by atoms with van der Waals surface area (Å²) in [6.07, 6.45) is 5.64. The Balaban J connectivity index is 1.13. The van der Waals surface area contributed by atoms with Gasteiger partial charge in [0.1, 0.15) is 18.0 Å². The molecular weight excluding hydrogens is 548 g/mol. The Morgan fingerprint density at radius 1 is 0.952 bits per heavy atom. The smallest absolute Gasteiger partial charge is 0.363 e. The minimum atomic E-state index is -0.513. The third kappa shape index (κ3) is 5.02. The molecule has 4 heterocycles. The van der Waals surface area contributed by atoms with Gasteiger partial charge in [0.25, 0.3) is 0 Å². The number of aliphatic imine (C=N–C) groups is 1. The number of ether oxygens (including phenoxy) is 2. The number of benzene rings is 3. The summed E-state index contributed by atoms with van der Waals surface area (Å²) in [5.74, 6) is 0.422. The number of carbonyl (C=O) groups is 1. The fourth-order valence-electron chi connectivity index (χ4n) is 4.89. The first-order valence-electron chi connectivity index (χ1n) is 13.3. The highest BCUT2D eigenvalue weighted by atomic mass is 35.5. The van der Waals surface area contributed by atoms with Crippen LogP contribution in [0.3, 0.4) is 0 Å². The minimum absolute atomic E-state index is 0.215. The number of aromatic nitrogens is 3. The number of cyclic esters (lactones) is 1. The van der Waals surface area contributed by atoms with E-state index in [0.29, 0.717) is 22.9 Å². The lowest BCUT2D eigenvalue weighted by atomic mass is 10.0. The Hall–Kier alpha value is -5.27. The maximum atomic E-state index is 12.8. The van der Waals surface area contributed by atoms with Crippen molar-refractivity contribution in [2.45, 2.75) is 13.5 Å². The van der Waals surface area contributed by atoms with Gasteiger partial charge < -0.3 is 13.9 Å². The molecule has 0 fully saturated rings. The molecule has 0 atom stereocenters. The molecule has 1 aliphatic rings. The average molecular weight is 571 g/mol. The number of fused-ring (bicyclic) bond motifs is 2. The van der Waals surface area contributed by atoms with E-state index in [4.69, 9.17) is 26.1 Å². The van der Waals surface area contributed by atoms with E-state index in [9.17, 15) is 4.79 Å². The van der Waals surface area contributed by atoms with Crippen molar-refractivity contribution in [1.29, 1.82) is 0 Å². The molecule has 6 aromatic rings. The van der Waals surface area contributed by atoms with Crippen LogP contribution in [0.25, 0.3) is 33.9 Å². The van der Waals surface area contributed by atoms with Crippen molar-refractivity contribution >= 4 is 46.1 Å². The predicted molar refractivity (Wildman–Crippen MR) is 163 cm³/mol. The number of nitrogens with zero attached hydrogens (tertiary/aromatic N) is 4. The highest BCUT2D eigenvalue weighted by Gasteiger charge is 2.26. The Labute approximate surface area is 246 Å². The quantitative estimate of drug-likeness (QED) is 0.154. The largest absolute Gasteiger partial charge is 0.487 e. The fraction of sp³-hybridized carbons (Fsp3) is 0.0588. The lowest BCUT2D eigenvalue weighted by Crippen LogP contribution is -2.07. The predicted octanol–water partition coefficient (Wildman–Crippen LogP) is 7.43. The van der Waals surface area contributed by atoms with Gasteiger partial charge in [-0.2, -0.15) is 0 Å². The number of carbonyl (C=O) groups excluding carboxylic acids is 1. The van der Waals surface area contributed by atoms with Crippen molar-refractivity contribution in [1.82, 2.24) is 14.4 Å². The Morgan fingerprint density at radius 2 is 1.76 bits per heavy atom. The summed E-state index contributed by atoms with van der Waals surface area (Å²) in [4.78, 5) is 26.9. The summed E-state index contributed by atoms with van der Waals surface area (Å²) in [5.41, 5.74) is 6.96. The van der Waals surface area contributed by atoms with Crippen molar-refractivity contribution in [3.8, 4) is 17.0 Å². The van der Waals surface area contributed by atoms with Crippen LogP contribution in [0.4, 0.5) is 0 Å². The van der Waals surface area contributed by atoms with Gasteiger partial charge in [0.2, 0.25) is 5.90 Å². The molecule has 0 spiro atoms. The SMILES string of the molecule is Cc1cccn2cc(COc3ccc(/C=C4/N=C(c5cc(-c6ccc(Cl)cc6)nc6ccccc56)OC4=O)cc3)nc12. The van der Waals surface area contributed by atoms with Gasteiger partial charge in [-0.3, -0.25) is 0 Å². The number of rotatable bonds is 6. The number of esters is 1. The van der Waals surface area contributed by atoms with Gasteiger partial charge in [-0.05, 0) is 66.6 Å². The van der Waals surface area contributed by atoms with Crippen molar-refractivity contribution in [2.75, 3.05) is 0 Å². The molecule has 0 unspecified atom stereocenters. The zero-order chi connectivity index (χ0) is 28.6. The molecule has 0 saturated carbocycles. The van der Waals surface area contributed by atoms with Crippen LogP contribution in [-0.4, -0.2) is 26.2 Å². The summed E-state index contributed by atoms with van der Waals surface area (Å²) in [6.45, 7) is 2.38. The third-order valence-corrected chi connectivity index (χ3v) is 7.26. The van der Waals surface area contributed by atoms with Crippen LogP contribution in [0.2, 0.25) is 5.02 Å². The number of halogens is 1.